The van der Waals surface area contributed by atoms with Gasteiger partial charge in [0.15, 0.2) is 0 Å². The van der Waals surface area contributed by atoms with Crippen LogP contribution in [0.3, 0.4) is 0 Å². The van der Waals surface area contributed by atoms with Gasteiger partial charge in [0, 0.05) is 23.9 Å². The smallest absolute Gasteiger partial charge is 0.417 e. The van der Waals surface area contributed by atoms with Gasteiger partial charge in [-0.25, -0.2) is 4.98 Å². The third kappa shape index (κ3) is 5.95. The number of halogens is 5. The minimum Gasteiger partial charge on any atom is -0.481 e. The summed E-state index contributed by atoms with van der Waals surface area (Å²) in [6.07, 6.45) is -3.32. The van der Waals surface area contributed by atoms with Gasteiger partial charge < -0.3 is 14.9 Å². The Labute approximate surface area is 214 Å². The molecule has 0 saturated heterocycles. The van der Waals surface area contributed by atoms with E-state index in [1.807, 2.05) is 0 Å². The van der Waals surface area contributed by atoms with Crippen LogP contribution in [0.25, 0.3) is 34.0 Å². The average Bonchev–Trinajstić information content (AvgIpc) is 3.30. The van der Waals surface area contributed by atoms with Crippen molar-refractivity contribution in [2.45, 2.75) is 19.5 Å². The Morgan fingerprint density at radius 1 is 1.11 bits per heavy atom. The Balaban J connectivity index is 0.00000361. The number of carboxylic acids is 1. The monoisotopic (exact) mass is 538 g/mol. The van der Waals surface area contributed by atoms with E-state index >= 15 is 0 Å². The van der Waals surface area contributed by atoms with Gasteiger partial charge in [-0.15, -0.1) is 12.4 Å². The molecule has 0 aliphatic heterocycles. The SMILES string of the molecule is Cc1ccccc1-c1ccc(-c2nc(-c3cnc(NCCC(=O)O)c(Cl)c3)no2)cc1C(F)(F)F.Cl. The molecule has 4 aromatic rings. The van der Waals surface area contributed by atoms with Gasteiger partial charge in [0.05, 0.1) is 17.0 Å². The van der Waals surface area contributed by atoms with E-state index in [0.717, 1.165) is 11.6 Å². The highest BCUT2D eigenvalue weighted by Gasteiger charge is 2.34. The molecule has 188 valence electrons. The standard InChI is InChI=1S/C24H18ClF3N4O3.ClH/c1-13-4-2-3-5-16(13)17-7-6-14(10-18(17)24(26,27)28)23-31-21(32-35-23)15-11-19(25)22(30-12-15)29-9-8-20(33)34;/h2-7,10-12H,8-9H2,1H3,(H,29,30)(H,33,34);1H. The Morgan fingerprint density at radius 2 is 1.86 bits per heavy atom. The van der Waals surface area contributed by atoms with Crippen LogP contribution in [0.5, 0.6) is 0 Å². The molecular weight excluding hydrogens is 520 g/mol. The number of alkyl halides is 3. The van der Waals surface area contributed by atoms with Crippen molar-refractivity contribution >= 4 is 35.8 Å². The number of benzene rings is 2. The molecule has 0 amide bonds. The molecule has 36 heavy (non-hydrogen) atoms. The summed E-state index contributed by atoms with van der Waals surface area (Å²) in [6.45, 7) is 1.88. The Kier molecular flexibility index (Phi) is 8.21. The lowest BCUT2D eigenvalue weighted by Crippen LogP contribution is -2.08. The maximum Gasteiger partial charge on any atom is 0.417 e. The van der Waals surface area contributed by atoms with Gasteiger partial charge in [0.25, 0.3) is 5.89 Å². The zero-order valence-corrected chi connectivity index (χ0v) is 20.2. The molecule has 7 nitrogen and oxygen atoms in total. The molecule has 0 aliphatic carbocycles. The Hall–Kier alpha value is -3.63. The van der Waals surface area contributed by atoms with E-state index in [0.29, 0.717) is 11.1 Å². The molecular formula is C24H19Cl2F3N4O3. The lowest BCUT2D eigenvalue weighted by molar-refractivity contribution is -0.137. The third-order valence-electron chi connectivity index (χ3n) is 5.16. The highest BCUT2D eigenvalue weighted by atomic mass is 35.5. The van der Waals surface area contributed by atoms with Crippen LogP contribution in [0.1, 0.15) is 17.5 Å². The highest BCUT2D eigenvalue weighted by Crippen LogP contribution is 2.40. The summed E-state index contributed by atoms with van der Waals surface area (Å²) in [4.78, 5) is 19.0. The number of hydrogen-bond donors (Lipinski definition) is 2. The summed E-state index contributed by atoms with van der Waals surface area (Å²) < 4.78 is 47.0. The van der Waals surface area contributed by atoms with Crippen molar-refractivity contribution in [3.05, 3.63) is 70.9 Å². The van der Waals surface area contributed by atoms with Gasteiger partial charge in [-0.1, -0.05) is 47.1 Å². The number of nitrogens with one attached hydrogen (secondary N) is 1. The molecule has 4 rings (SSSR count). The van der Waals surface area contributed by atoms with Crippen LogP contribution in [0.15, 0.2) is 59.3 Å². The number of pyridine rings is 1. The van der Waals surface area contributed by atoms with Crippen molar-refractivity contribution in [3.8, 4) is 34.0 Å². The first-order valence-corrected chi connectivity index (χ1v) is 10.7. The molecule has 12 heteroatoms. The van der Waals surface area contributed by atoms with Crippen LogP contribution >= 0.6 is 24.0 Å². The fourth-order valence-electron chi connectivity index (χ4n) is 3.46. The molecule has 0 spiro atoms. The van der Waals surface area contributed by atoms with Gasteiger partial charge in [-0.2, -0.15) is 18.2 Å². The lowest BCUT2D eigenvalue weighted by atomic mass is 9.94. The van der Waals surface area contributed by atoms with E-state index in [9.17, 15) is 18.0 Å². The van der Waals surface area contributed by atoms with Gasteiger partial charge >= 0.3 is 12.1 Å². The second kappa shape index (κ2) is 11.0. The second-order valence-electron chi connectivity index (χ2n) is 7.62. The van der Waals surface area contributed by atoms with Gasteiger partial charge in [0.2, 0.25) is 5.82 Å². The van der Waals surface area contributed by atoms with Gasteiger partial charge in [0.1, 0.15) is 5.82 Å². The maximum absolute atomic E-state index is 13.9. The molecule has 0 fully saturated rings. The van der Waals surface area contributed by atoms with Gasteiger partial charge in [-0.05, 0) is 41.8 Å². The van der Waals surface area contributed by atoms with Gasteiger partial charge in [-0.3, -0.25) is 4.79 Å². The van der Waals surface area contributed by atoms with Crippen LogP contribution in [-0.2, 0) is 11.0 Å². The molecule has 0 unspecified atom stereocenters. The van der Waals surface area contributed by atoms with E-state index in [1.165, 1.54) is 24.4 Å². The Morgan fingerprint density at radius 3 is 2.53 bits per heavy atom. The van der Waals surface area contributed by atoms with Crippen molar-refractivity contribution < 1.29 is 27.6 Å². The summed E-state index contributed by atoms with van der Waals surface area (Å²) in [6, 6.07) is 12.2. The normalized spacial score (nSPS) is 11.1. The summed E-state index contributed by atoms with van der Waals surface area (Å²) in [5.41, 5.74) is 0.929. The van der Waals surface area contributed by atoms with E-state index in [-0.39, 0.29) is 59.1 Å². The highest BCUT2D eigenvalue weighted by molar-refractivity contribution is 6.33. The van der Waals surface area contributed by atoms with Crippen LogP contribution < -0.4 is 5.32 Å². The molecule has 2 aromatic heterocycles. The first-order chi connectivity index (χ1) is 16.6. The van der Waals surface area contributed by atoms with Crippen molar-refractivity contribution in [2.24, 2.45) is 0 Å². The zero-order chi connectivity index (χ0) is 25.2. The number of aryl methyl sites for hydroxylation is 1. The summed E-state index contributed by atoms with van der Waals surface area (Å²) in [7, 11) is 0. The maximum atomic E-state index is 13.9. The molecule has 0 atom stereocenters. The predicted molar refractivity (Wildman–Crippen MR) is 131 cm³/mol. The number of aliphatic carboxylic acids is 1. The number of carbonyl (C=O) groups is 1. The molecule has 2 heterocycles. The molecule has 2 N–H and O–H groups in total. The first-order valence-electron chi connectivity index (χ1n) is 10.4. The largest absolute Gasteiger partial charge is 0.481 e. The van der Waals surface area contributed by atoms with E-state index in [4.69, 9.17) is 21.2 Å². The fourth-order valence-corrected chi connectivity index (χ4v) is 3.69. The van der Waals surface area contributed by atoms with Crippen molar-refractivity contribution in [1.29, 1.82) is 0 Å². The zero-order valence-electron chi connectivity index (χ0n) is 18.6. The summed E-state index contributed by atoms with van der Waals surface area (Å²) >= 11 is 6.19. The number of nitrogens with zero attached hydrogens (tertiary/aromatic N) is 3. The summed E-state index contributed by atoms with van der Waals surface area (Å²) in [5, 5.41) is 15.6. The number of aromatic nitrogens is 3. The van der Waals surface area contributed by atoms with Crippen LogP contribution in [0.2, 0.25) is 5.02 Å². The molecule has 0 radical (unpaired) electrons. The van der Waals surface area contributed by atoms with Crippen molar-refractivity contribution in [3.63, 3.8) is 0 Å². The van der Waals surface area contributed by atoms with E-state index in [1.54, 1.807) is 31.2 Å². The third-order valence-corrected chi connectivity index (χ3v) is 5.45. The molecule has 0 aliphatic rings. The first kappa shape index (κ1) is 27.0. The van der Waals surface area contributed by atoms with Crippen LogP contribution in [0, 0.1) is 6.92 Å². The van der Waals surface area contributed by atoms with Crippen LogP contribution in [-0.4, -0.2) is 32.7 Å². The number of carboxylic acid groups (broad SMARTS) is 1. The van der Waals surface area contributed by atoms with Crippen molar-refractivity contribution in [1.82, 2.24) is 15.1 Å². The minimum absolute atomic E-state index is 0. The number of anilines is 1. The second-order valence-corrected chi connectivity index (χ2v) is 8.03. The number of hydrogen-bond acceptors (Lipinski definition) is 6. The minimum atomic E-state index is -4.60. The molecule has 2 aromatic carbocycles. The quantitative estimate of drug-likeness (QED) is 0.268. The Bertz CT molecular complexity index is 1390. The van der Waals surface area contributed by atoms with Crippen LogP contribution in [0.4, 0.5) is 19.0 Å². The average molecular weight is 539 g/mol. The predicted octanol–water partition coefficient (Wildman–Crippen LogP) is 6.75. The molecule has 0 bridgehead atoms. The van der Waals surface area contributed by atoms with E-state index in [2.05, 4.69) is 20.4 Å². The molecule has 0 saturated carbocycles. The topological polar surface area (TPSA) is 101 Å². The fraction of sp³-hybridized carbons (Fsp3) is 0.167. The number of rotatable bonds is 7. The lowest BCUT2D eigenvalue weighted by Gasteiger charge is -2.15. The van der Waals surface area contributed by atoms with Crippen molar-refractivity contribution in [2.75, 3.05) is 11.9 Å². The summed E-state index contributed by atoms with van der Waals surface area (Å²) in [5.74, 6) is -0.697. The van der Waals surface area contributed by atoms with E-state index < -0.39 is 17.7 Å².